The highest BCUT2D eigenvalue weighted by molar-refractivity contribution is 5.79. The van der Waals surface area contributed by atoms with E-state index in [1.54, 1.807) is 4.90 Å². The Hall–Kier alpha value is -1.87. The van der Waals surface area contributed by atoms with Crippen LogP contribution in [0.2, 0.25) is 0 Å². The minimum Gasteiger partial charge on any atom is -0.381 e. The van der Waals surface area contributed by atoms with Crippen molar-refractivity contribution in [3.8, 4) is 0 Å². The smallest absolute Gasteiger partial charge is 0.381 e. The predicted molar refractivity (Wildman–Crippen MR) is 115 cm³/mol. The third-order valence-corrected chi connectivity index (χ3v) is 6.27. The average Bonchev–Trinajstić information content (AvgIpc) is 3.22. The summed E-state index contributed by atoms with van der Waals surface area (Å²) in [5.74, 6) is -0.131. The van der Waals surface area contributed by atoms with Crippen LogP contribution in [-0.4, -0.2) is 47.2 Å². The summed E-state index contributed by atoms with van der Waals surface area (Å²) in [7, 11) is 0. The number of nitrogens with one attached hydrogen (secondary N) is 1. The van der Waals surface area contributed by atoms with Gasteiger partial charge in [0.25, 0.3) is 5.56 Å². The Balaban J connectivity index is 0.000000913. The van der Waals surface area contributed by atoms with Crippen LogP contribution in [0.3, 0.4) is 0 Å². The molecular weight excluding hydrogens is 423 g/mol. The van der Waals surface area contributed by atoms with Crippen LogP contribution < -0.4 is 10.9 Å². The van der Waals surface area contributed by atoms with Crippen molar-refractivity contribution in [2.75, 3.05) is 19.8 Å². The summed E-state index contributed by atoms with van der Waals surface area (Å²) >= 11 is 0. The number of halogens is 3. The van der Waals surface area contributed by atoms with E-state index < -0.39 is 17.3 Å². The maximum Gasteiger partial charge on any atom is 0.416 e. The molecule has 2 fully saturated rings. The van der Waals surface area contributed by atoms with Crippen molar-refractivity contribution in [2.24, 2.45) is 5.92 Å². The number of hydrogen-bond acceptors (Lipinski definition) is 4. The molecular formula is C23H34F3N3O3. The van der Waals surface area contributed by atoms with E-state index in [0.29, 0.717) is 24.7 Å². The van der Waals surface area contributed by atoms with Gasteiger partial charge < -0.3 is 19.5 Å². The molecule has 1 saturated heterocycles. The molecule has 2 aliphatic heterocycles. The van der Waals surface area contributed by atoms with Crippen molar-refractivity contribution in [3.05, 3.63) is 33.7 Å². The van der Waals surface area contributed by atoms with Crippen molar-refractivity contribution < 1.29 is 22.7 Å². The first kappa shape index (κ1) is 24.8. The summed E-state index contributed by atoms with van der Waals surface area (Å²) in [6.45, 7) is 6.41. The Morgan fingerprint density at radius 2 is 1.78 bits per heavy atom. The highest BCUT2D eigenvalue weighted by atomic mass is 19.4. The number of pyridine rings is 1. The van der Waals surface area contributed by atoms with Crippen LogP contribution in [0.5, 0.6) is 0 Å². The van der Waals surface area contributed by atoms with Gasteiger partial charge in [-0.25, -0.2) is 0 Å². The van der Waals surface area contributed by atoms with Gasteiger partial charge in [0.15, 0.2) is 0 Å². The molecule has 0 unspecified atom stereocenters. The maximum absolute atomic E-state index is 13.0. The molecule has 0 bridgehead atoms. The van der Waals surface area contributed by atoms with E-state index in [4.69, 9.17) is 4.74 Å². The minimum atomic E-state index is -4.57. The van der Waals surface area contributed by atoms with Crippen molar-refractivity contribution in [3.63, 3.8) is 0 Å². The Morgan fingerprint density at radius 1 is 1.09 bits per heavy atom. The molecule has 1 aromatic rings. The van der Waals surface area contributed by atoms with Gasteiger partial charge in [-0.15, -0.1) is 0 Å². The van der Waals surface area contributed by atoms with Gasteiger partial charge in [-0.3, -0.25) is 9.59 Å². The van der Waals surface area contributed by atoms with Crippen molar-refractivity contribution >= 4 is 5.91 Å². The average molecular weight is 458 g/mol. The first-order chi connectivity index (χ1) is 15.2. The zero-order chi connectivity index (χ0) is 23.3. The molecule has 2 atom stereocenters. The molecule has 0 aromatic carbocycles. The Labute approximate surface area is 187 Å². The molecule has 1 saturated carbocycles. The lowest BCUT2D eigenvalue weighted by atomic mass is 10.0. The van der Waals surface area contributed by atoms with Gasteiger partial charge in [0.05, 0.1) is 12.1 Å². The van der Waals surface area contributed by atoms with E-state index >= 15 is 0 Å². The molecule has 1 amide bonds. The first-order valence-corrected chi connectivity index (χ1v) is 11.7. The van der Waals surface area contributed by atoms with Crippen LogP contribution in [0.15, 0.2) is 16.9 Å². The van der Waals surface area contributed by atoms with E-state index in [2.05, 4.69) is 19.2 Å². The molecule has 1 aliphatic carbocycles. The molecule has 180 valence electrons. The van der Waals surface area contributed by atoms with Gasteiger partial charge in [0.1, 0.15) is 0 Å². The lowest BCUT2D eigenvalue weighted by Gasteiger charge is -2.32. The van der Waals surface area contributed by atoms with Crippen LogP contribution in [0.25, 0.3) is 0 Å². The quantitative estimate of drug-likeness (QED) is 0.754. The van der Waals surface area contributed by atoms with Gasteiger partial charge in [0.2, 0.25) is 5.91 Å². The fourth-order valence-electron chi connectivity index (χ4n) is 4.70. The molecule has 0 spiro atoms. The summed E-state index contributed by atoms with van der Waals surface area (Å²) in [5.41, 5.74) is -1.37. The zero-order valence-electron chi connectivity index (χ0n) is 18.9. The molecule has 6 nitrogen and oxygen atoms in total. The largest absolute Gasteiger partial charge is 0.416 e. The number of ether oxygens (including phenoxy) is 1. The Kier molecular flexibility index (Phi) is 8.38. The highest BCUT2D eigenvalue weighted by Gasteiger charge is 2.36. The lowest BCUT2D eigenvalue weighted by molar-refractivity contribution is -0.138. The number of fused-ring (bicyclic) bond motifs is 1. The number of alkyl halides is 3. The number of nitrogens with zero attached hydrogens (tertiary/aromatic N) is 2. The normalized spacial score (nSPS) is 24.0. The summed E-state index contributed by atoms with van der Waals surface area (Å²) < 4.78 is 45.8. The summed E-state index contributed by atoms with van der Waals surface area (Å²) in [6.07, 6.45) is 1.10. The van der Waals surface area contributed by atoms with Crippen LogP contribution in [-0.2, 0) is 28.8 Å². The van der Waals surface area contributed by atoms with E-state index in [1.807, 2.05) is 0 Å². The number of carbonyl (C=O) groups excluding carboxylic acids is 1. The molecule has 3 heterocycles. The number of hydrogen-bond donors (Lipinski definition) is 1. The van der Waals surface area contributed by atoms with E-state index in [0.717, 1.165) is 51.4 Å². The maximum atomic E-state index is 13.0. The molecule has 9 heteroatoms. The third-order valence-electron chi connectivity index (χ3n) is 6.27. The number of amides is 1. The van der Waals surface area contributed by atoms with Crippen LogP contribution in [0, 0.1) is 5.92 Å². The molecule has 32 heavy (non-hydrogen) atoms. The monoisotopic (exact) mass is 457 g/mol. The second-order valence-corrected chi connectivity index (χ2v) is 8.95. The summed E-state index contributed by atoms with van der Waals surface area (Å²) in [4.78, 5) is 26.6. The van der Waals surface area contributed by atoms with Crippen molar-refractivity contribution in [1.29, 1.82) is 0 Å². The second kappa shape index (κ2) is 10.8. The van der Waals surface area contributed by atoms with E-state index in [1.165, 1.54) is 11.0 Å². The Bertz CT molecular complexity index is 834. The molecule has 1 aromatic heterocycles. The number of aromatic nitrogens is 1. The van der Waals surface area contributed by atoms with Crippen LogP contribution >= 0.6 is 0 Å². The van der Waals surface area contributed by atoms with E-state index in [9.17, 15) is 22.8 Å². The van der Waals surface area contributed by atoms with Gasteiger partial charge in [0, 0.05) is 56.1 Å². The molecule has 0 radical (unpaired) electrons. The van der Waals surface area contributed by atoms with Crippen molar-refractivity contribution in [1.82, 2.24) is 14.8 Å². The standard InChI is InChI=1S/C20H26F3N3O3.C3H8/c21-20(22,23)14-10-17-12-25(5-6-26(17)18(27)11-14)19(28)13-1-2-16(9-13)24-15-3-7-29-8-4-15;1-3-2/h10-11,13,15-16,24H,1-9,12H2;3H2,1-2H3/t13-,16+;/m0./s1. The third kappa shape index (κ3) is 6.13. The summed E-state index contributed by atoms with van der Waals surface area (Å²) in [5, 5.41) is 3.63. The Morgan fingerprint density at radius 3 is 2.44 bits per heavy atom. The van der Waals surface area contributed by atoms with Crippen LogP contribution in [0.1, 0.15) is 63.6 Å². The predicted octanol–water partition coefficient (Wildman–Crippen LogP) is 3.56. The minimum absolute atomic E-state index is 0.0163. The second-order valence-electron chi connectivity index (χ2n) is 8.95. The molecule has 3 aliphatic rings. The van der Waals surface area contributed by atoms with Gasteiger partial charge >= 0.3 is 6.18 Å². The SMILES string of the molecule is CCC.O=C([C@H]1CC[C@@H](NC2CCOCC2)C1)N1CCn2c(cc(C(F)(F)F)cc2=O)C1. The molecule has 4 rings (SSSR count). The van der Waals surface area contributed by atoms with Gasteiger partial charge in [-0.2, -0.15) is 13.2 Å². The number of carbonyl (C=O) groups is 1. The van der Waals surface area contributed by atoms with Gasteiger partial charge in [-0.1, -0.05) is 20.3 Å². The first-order valence-electron chi connectivity index (χ1n) is 11.7. The fraction of sp³-hybridized carbons (Fsp3) is 0.739. The fourth-order valence-corrected chi connectivity index (χ4v) is 4.70. The highest BCUT2D eigenvalue weighted by Crippen LogP contribution is 2.31. The molecule has 1 N–H and O–H groups in total. The summed E-state index contributed by atoms with van der Waals surface area (Å²) in [6, 6.07) is 2.34. The van der Waals surface area contributed by atoms with Gasteiger partial charge in [-0.05, 0) is 38.2 Å². The number of rotatable bonds is 3. The topological polar surface area (TPSA) is 63.6 Å². The van der Waals surface area contributed by atoms with E-state index in [-0.39, 0.29) is 30.6 Å². The van der Waals surface area contributed by atoms with Crippen molar-refractivity contribution in [2.45, 2.75) is 83.7 Å². The van der Waals surface area contributed by atoms with Crippen LogP contribution in [0.4, 0.5) is 13.2 Å². The lowest BCUT2D eigenvalue weighted by Crippen LogP contribution is -2.45. The zero-order valence-corrected chi connectivity index (χ0v) is 18.9.